The van der Waals surface area contributed by atoms with Gasteiger partial charge in [0.2, 0.25) is 0 Å². The van der Waals surface area contributed by atoms with Crippen LogP contribution in [-0.2, 0) is 6.42 Å². The van der Waals surface area contributed by atoms with E-state index in [0.29, 0.717) is 12.1 Å². The van der Waals surface area contributed by atoms with E-state index < -0.39 is 6.61 Å². The van der Waals surface area contributed by atoms with Crippen LogP contribution >= 0.6 is 11.3 Å². The molecule has 0 aliphatic carbocycles. The predicted octanol–water partition coefficient (Wildman–Crippen LogP) is 5.14. The first kappa shape index (κ1) is 17.7. The number of benzene rings is 2. The first-order chi connectivity index (χ1) is 13.1. The normalized spacial score (nSPS) is 16.3. The van der Waals surface area contributed by atoms with E-state index in [1.54, 1.807) is 11.3 Å². The fourth-order valence-electron chi connectivity index (χ4n) is 3.47. The number of rotatable bonds is 4. The fourth-order valence-corrected chi connectivity index (χ4v) is 4.38. The van der Waals surface area contributed by atoms with Crippen LogP contribution in [0.25, 0.3) is 0 Å². The van der Waals surface area contributed by atoms with Gasteiger partial charge in [0, 0.05) is 17.0 Å². The lowest BCUT2D eigenvalue weighted by atomic mass is 9.92. The molecule has 3 nitrogen and oxygen atoms in total. The van der Waals surface area contributed by atoms with Crippen molar-refractivity contribution >= 4 is 17.2 Å². The number of fused-ring (bicyclic) bond motifs is 1. The molecule has 0 fully saturated rings. The minimum Gasteiger partial charge on any atom is -0.435 e. The molecule has 0 unspecified atom stereocenters. The van der Waals surface area contributed by atoms with Crippen molar-refractivity contribution < 1.29 is 18.3 Å². The number of halogens is 2. The number of alkyl halides is 2. The van der Waals surface area contributed by atoms with Gasteiger partial charge in [0.05, 0.1) is 6.04 Å². The maximum absolute atomic E-state index is 13.2. The van der Waals surface area contributed by atoms with Gasteiger partial charge < -0.3 is 9.64 Å². The summed E-state index contributed by atoms with van der Waals surface area (Å²) in [6.07, 6.45) is 0.814. The third kappa shape index (κ3) is 3.57. The molecule has 1 amide bonds. The summed E-state index contributed by atoms with van der Waals surface area (Å²) in [6.45, 7) is -2.27. The molecule has 27 heavy (non-hydrogen) atoms. The highest BCUT2D eigenvalue weighted by molar-refractivity contribution is 7.10. The zero-order valence-electron chi connectivity index (χ0n) is 14.3. The van der Waals surface area contributed by atoms with Crippen LogP contribution in [0.3, 0.4) is 0 Å². The second-order valence-corrected chi connectivity index (χ2v) is 7.26. The van der Waals surface area contributed by atoms with Gasteiger partial charge in [-0.1, -0.05) is 30.3 Å². The smallest absolute Gasteiger partial charge is 0.387 e. The first-order valence-electron chi connectivity index (χ1n) is 8.60. The first-order valence-corrected chi connectivity index (χ1v) is 9.48. The van der Waals surface area contributed by atoms with Crippen LogP contribution < -0.4 is 4.74 Å². The highest BCUT2D eigenvalue weighted by Gasteiger charge is 2.33. The minimum atomic E-state index is -2.88. The van der Waals surface area contributed by atoms with Crippen molar-refractivity contribution in [1.82, 2.24) is 4.90 Å². The number of ether oxygens (including phenoxy) is 1. The SMILES string of the molecule is O=C(c1ccc(OC(F)F)cc1)N1CCc2sccc2[C@@H]1c1ccccc1. The van der Waals surface area contributed by atoms with Gasteiger partial charge in [-0.05, 0) is 53.3 Å². The molecule has 0 saturated carbocycles. The van der Waals surface area contributed by atoms with E-state index in [1.807, 2.05) is 35.2 Å². The van der Waals surface area contributed by atoms with E-state index in [-0.39, 0.29) is 17.7 Å². The number of hydrogen-bond acceptors (Lipinski definition) is 3. The van der Waals surface area contributed by atoms with E-state index in [2.05, 4.69) is 16.2 Å². The summed E-state index contributed by atoms with van der Waals surface area (Å²) in [6, 6.07) is 17.7. The molecule has 1 aliphatic rings. The third-order valence-electron chi connectivity index (χ3n) is 4.67. The Labute approximate surface area is 159 Å². The minimum absolute atomic E-state index is 0.0416. The Morgan fingerprint density at radius 3 is 2.52 bits per heavy atom. The molecule has 0 radical (unpaired) electrons. The van der Waals surface area contributed by atoms with E-state index >= 15 is 0 Å². The summed E-state index contributed by atoms with van der Waals surface area (Å²) in [5.74, 6) is -0.0794. The van der Waals surface area contributed by atoms with Crippen molar-refractivity contribution in [1.29, 1.82) is 0 Å². The molecule has 0 bridgehead atoms. The van der Waals surface area contributed by atoms with Crippen LogP contribution in [0.15, 0.2) is 66.0 Å². The standard InChI is InChI=1S/C21H17F2NO2S/c22-21(23)26-16-8-6-15(7-9-16)20(25)24-12-10-18-17(11-13-27-18)19(24)14-4-2-1-3-5-14/h1-9,11,13,19,21H,10,12H2/t19-/m0/s1. The van der Waals surface area contributed by atoms with E-state index in [9.17, 15) is 13.6 Å². The lowest BCUT2D eigenvalue weighted by molar-refractivity contribution is -0.0498. The highest BCUT2D eigenvalue weighted by Crippen LogP contribution is 2.38. The lowest BCUT2D eigenvalue weighted by Gasteiger charge is -2.36. The maximum Gasteiger partial charge on any atom is 0.387 e. The summed E-state index contributed by atoms with van der Waals surface area (Å²) >= 11 is 1.72. The molecule has 1 atom stereocenters. The fraction of sp³-hybridized carbons (Fsp3) is 0.190. The second kappa shape index (κ2) is 7.48. The number of carbonyl (C=O) groups excluding carboxylic acids is 1. The third-order valence-corrected chi connectivity index (χ3v) is 5.67. The van der Waals surface area contributed by atoms with Crippen LogP contribution in [0.1, 0.15) is 32.4 Å². The average molecular weight is 385 g/mol. The van der Waals surface area contributed by atoms with Crippen LogP contribution in [0.5, 0.6) is 5.75 Å². The average Bonchev–Trinajstić information content (AvgIpc) is 3.16. The molecular weight excluding hydrogens is 368 g/mol. The van der Waals surface area contributed by atoms with Gasteiger partial charge in [-0.2, -0.15) is 8.78 Å². The summed E-state index contributed by atoms with van der Waals surface area (Å²) in [5, 5.41) is 2.06. The van der Waals surface area contributed by atoms with E-state index in [4.69, 9.17) is 0 Å². The van der Waals surface area contributed by atoms with E-state index in [0.717, 1.165) is 17.5 Å². The monoisotopic (exact) mass is 385 g/mol. The van der Waals surface area contributed by atoms with Crippen molar-refractivity contribution in [3.63, 3.8) is 0 Å². The van der Waals surface area contributed by atoms with Gasteiger partial charge in [0.25, 0.3) is 5.91 Å². The maximum atomic E-state index is 13.2. The Hall–Kier alpha value is -2.73. The number of nitrogens with zero attached hydrogens (tertiary/aromatic N) is 1. The van der Waals surface area contributed by atoms with Gasteiger partial charge in [-0.3, -0.25) is 4.79 Å². The van der Waals surface area contributed by atoms with Crippen molar-refractivity contribution in [3.8, 4) is 5.75 Å². The number of hydrogen-bond donors (Lipinski definition) is 0. The molecular formula is C21H17F2NO2S. The summed E-state index contributed by atoms with van der Waals surface area (Å²) < 4.78 is 29.0. The quantitative estimate of drug-likeness (QED) is 0.623. The zero-order chi connectivity index (χ0) is 18.8. The molecule has 4 rings (SSSR count). The number of carbonyl (C=O) groups is 1. The van der Waals surface area contributed by atoms with Gasteiger partial charge in [-0.25, -0.2) is 0 Å². The van der Waals surface area contributed by atoms with Crippen molar-refractivity contribution in [2.24, 2.45) is 0 Å². The van der Waals surface area contributed by atoms with Crippen molar-refractivity contribution in [2.75, 3.05) is 6.54 Å². The predicted molar refractivity (Wildman–Crippen MR) is 100 cm³/mol. The van der Waals surface area contributed by atoms with Gasteiger partial charge in [0.1, 0.15) is 5.75 Å². The van der Waals surface area contributed by atoms with Crippen LogP contribution in [0.4, 0.5) is 8.78 Å². The molecule has 0 N–H and O–H groups in total. The Morgan fingerprint density at radius 1 is 1.07 bits per heavy atom. The van der Waals surface area contributed by atoms with Crippen molar-refractivity contribution in [2.45, 2.75) is 19.1 Å². The van der Waals surface area contributed by atoms with Crippen LogP contribution in [0.2, 0.25) is 0 Å². The molecule has 0 saturated heterocycles. The Bertz CT molecular complexity index is 925. The molecule has 3 aromatic rings. The molecule has 6 heteroatoms. The Morgan fingerprint density at radius 2 is 1.81 bits per heavy atom. The molecule has 2 heterocycles. The summed E-state index contributed by atoms with van der Waals surface area (Å²) in [7, 11) is 0. The molecule has 0 spiro atoms. The number of amides is 1. The Balaban J connectivity index is 1.66. The lowest BCUT2D eigenvalue weighted by Crippen LogP contribution is -2.40. The molecule has 1 aliphatic heterocycles. The highest BCUT2D eigenvalue weighted by atomic mass is 32.1. The van der Waals surface area contributed by atoms with E-state index in [1.165, 1.54) is 29.1 Å². The molecule has 2 aromatic carbocycles. The zero-order valence-corrected chi connectivity index (χ0v) is 15.2. The van der Waals surface area contributed by atoms with Crippen LogP contribution in [0, 0.1) is 0 Å². The van der Waals surface area contributed by atoms with Gasteiger partial charge in [0.15, 0.2) is 0 Å². The molecule has 1 aromatic heterocycles. The largest absolute Gasteiger partial charge is 0.435 e. The van der Waals surface area contributed by atoms with Gasteiger partial charge in [-0.15, -0.1) is 11.3 Å². The van der Waals surface area contributed by atoms with Gasteiger partial charge >= 0.3 is 6.61 Å². The van der Waals surface area contributed by atoms with Crippen LogP contribution in [-0.4, -0.2) is 24.0 Å². The number of thiophene rings is 1. The summed E-state index contributed by atoms with van der Waals surface area (Å²) in [5.41, 5.74) is 2.67. The summed E-state index contributed by atoms with van der Waals surface area (Å²) in [4.78, 5) is 16.3. The Kier molecular flexibility index (Phi) is 4.90. The topological polar surface area (TPSA) is 29.5 Å². The second-order valence-electron chi connectivity index (χ2n) is 6.26. The molecule has 138 valence electrons. The van der Waals surface area contributed by atoms with Crippen molar-refractivity contribution in [3.05, 3.63) is 87.6 Å².